The van der Waals surface area contributed by atoms with E-state index in [1.165, 1.54) is 12.1 Å². The lowest BCUT2D eigenvalue weighted by Crippen LogP contribution is -2.65. The minimum Gasteiger partial charge on any atom is -0.387 e. The van der Waals surface area contributed by atoms with Gasteiger partial charge in [0.2, 0.25) is 0 Å². The third kappa shape index (κ3) is 2.00. The van der Waals surface area contributed by atoms with E-state index in [0.29, 0.717) is 28.5 Å². The smallest absolute Gasteiger partial charge is 0.133 e. The second-order valence-electron chi connectivity index (χ2n) is 9.03. The third-order valence-corrected chi connectivity index (χ3v) is 7.27. The number of aromatic amines is 1. The molecule has 28 heavy (non-hydrogen) atoms. The molecule has 0 bridgehead atoms. The molecule has 1 aromatic heterocycles. The van der Waals surface area contributed by atoms with Crippen molar-refractivity contribution in [1.29, 1.82) is 0 Å². The summed E-state index contributed by atoms with van der Waals surface area (Å²) < 4.78 is 29.3. The van der Waals surface area contributed by atoms with Crippen molar-refractivity contribution in [2.24, 2.45) is 0 Å². The van der Waals surface area contributed by atoms with E-state index in [2.05, 4.69) is 17.2 Å². The van der Waals surface area contributed by atoms with Gasteiger partial charge in [-0.1, -0.05) is 6.92 Å². The molecule has 3 aromatic rings. The molecule has 2 heterocycles. The second kappa shape index (κ2) is 5.35. The van der Waals surface area contributed by atoms with Crippen molar-refractivity contribution in [2.45, 2.75) is 56.6 Å². The van der Waals surface area contributed by atoms with E-state index >= 15 is 4.39 Å². The fourth-order valence-corrected chi connectivity index (χ4v) is 5.67. The Hall–Kier alpha value is -2.40. The van der Waals surface area contributed by atoms with Crippen LogP contribution in [0.15, 0.2) is 36.5 Å². The molecule has 2 atom stereocenters. The number of nitrogens with one attached hydrogen (secondary N) is 2. The number of H-pyrrole nitrogens is 1. The molecule has 1 aliphatic heterocycles. The number of aromatic nitrogens is 1. The first-order valence-electron chi connectivity index (χ1n) is 9.78. The molecule has 0 radical (unpaired) electrons. The molecular weight excluding hydrogens is 358 g/mol. The van der Waals surface area contributed by atoms with Gasteiger partial charge in [-0.2, -0.15) is 0 Å². The largest absolute Gasteiger partial charge is 0.387 e. The average molecular weight is 382 g/mol. The zero-order valence-electron chi connectivity index (χ0n) is 16.3. The number of aliphatic hydroxyl groups is 1. The first kappa shape index (κ1) is 17.7. The van der Waals surface area contributed by atoms with Gasteiger partial charge in [-0.05, 0) is 69.0 Å². The molecule has 1 fully saturated rings. The maximum Gasteiger partial charge on any atom is 0.133 e. The van der Waals surface area contributed by atoms with Crippen LogP contribution in [0.2, 0.25) is 0 Å². The van der Waals surface area contributed by atoms with Gasteiger partial charge in [0.1, 0.15) is 11.6 Å². The zero-order valence-corrected chi connectivity index (χ0v) is 16.3. The molecule has 3 N–H and O–H groups in total. The number of hydrogen-bond donors (Lipinski definition) is 3. The lowest BCUT2D eigenvalue weighted by molar-refractivity contribution is -0.0628. The van der Waals surface area contributed by atoms with E-state index in [1.807, 2.05) is 19.9 Å². The van der Waals surface area contributed by atoms with E-state index in [-0.39, 0.29) is 11.6 Å². The van der Waals surface area contributed by atoms with Gasteiger partial charge in [-0.3, -0.25) is 0 Å². The van der Waals surface area contributed by atoms with Crippen LogP contribution in [-0.4, -0.2) is 21.2 Å². The Kier molecular flexibility index (Phi) is 3.38. The molecule has 1 aliphatic carbocycles. The fraction of sp³-hybridized carbons (Fsp3) is 0.391. The summed E-state index contributed by atoms with van der Waals surface area (Å²) in [5.41, 5.74) is 1.30. The van der Waals surface area contributed by atoms with Gasteiger partial charge in [0.15, 0.2) is 0 Å². The predicted octanol–water partition coefficient (Wildman–Crippen LogP) is 5.49. The average Bonchev–Trinajstić information content (AvgIpc) is 3.23. The molecule has 2 unspecified atom stereocenters. The number of fused-ring (bicyclic) bond motifs is 4. The van der Waals surface area contributed by atoms with Gasteiger partial charge < -0.3 is 15.4 Å². The van der Waals surface area contributed by atoms with E-state index < -0.39 is 16.6 Å². The zero-order chi connectivity index (χ0) is 19.9. The predicted molar refractivity (Wildman–Crippen MR) is 108 cm³/mol. The summed E-state index contributed by atoms with van der Waals surface area (Å²) in [5, 5.41) is 15.5. The van der Waals surface area contributed by atoms with Crippen LogP contribution in [0.4, 0.5) is 14.5 Å². The molecule has 0 spiro atoms. The molecule has 5 rings (SSSR count). The standard InChI is InChI=1S/C23H24F2N2O/c1-21(2)23(28)9-4-8-22(23,3)16-11-15(18(25)12-19(16)27-21)13-5-6-17(24)14-7-10-26-20(13)14/h5-7,10-12,26-28H,4,8-9H2,1-3H3. The highest BCUT2D eigenvalue weighted by atomic mass is 19.1. The highest BCUT2D eigenvalue weighted by Crippen LogP contribution is 2.59. The molecule has 3 nitrogen and oxygen atoms in total. The Morgan fingerprint density at radius 2 is 1.75 bits per heavy atom. The summed E-state index contributed by atoms with van der Waals surface area (Å²) >= 11 is 0. The molecule has 146 valence electrons. The highest BCUT2D eigenvalue weighted by molar-refractivity contribution is 5.95. The van der Waals surface area contributed by atoms with Crippen molar-refractivity contribution in [3.63, 3.8) is 0 Å². The molecule has 5 heteroatoms. The number of halogens is 2. The van der Waals surface area contributed by atoms with Gasteiger partial charge in [-0.15, -0.1) is 0 Å². The molecule has 0 saturated heterocycles. The first-order valence-corrected chi connectivity index (χ1v) is 9.78. The Labute approximate surface area is 162 Å². The summed E-state index contributed by atoms with van der Waals surface area (Å²) in [5.74, 6) is -0.699. The van der Waals surface area contributed by atoms with Crippen molar-refractivity contribution < 1.29 is 13.9 Å². The van der Waals surface area contributed by atoms with Gasteiger partial charge in [0, 0.05) is 33.8 Å². The van der Waals surface area contributed by atoms with E-state index in [1.54, 1.807) is 18.3 Å². The van der Waals surface area contributed by atoms with Crippen LogP contribution < -0.4 is 5.32 Å². The molecule has 1 saturated carbocycles. The first-order chi connectivity index (χ1) is 13.2. The summed E-state index contributed by atoms with van der Waals surface area (Å²) in [4.78, 5) is 3.04. The normalized spacial score (nSPS) is 28.1. The Bertz CT molecular complexity index is 1120. The van der Waals surface area contributed by atoms with Crippen LogP contribution in [0.3, 0.4) is 0 Å². The minimum absolute atomic E-state index is 0.334. The van der Waals surface area contributed by atoms with Gasteiger partial charge in [-0.25, -0.2) is 8.78 Å². The number of hydrogen-bond acceptors (Lipinski definition) is 2. The van der Waals surface area contributed by atoms with Crippen LogP contribution in [0.1, 0.15) is 45.6 Å². The lowest BCUT2D eigenvalue weighted by Gasteiger charge is -2.55. The van der Waals surface area contributed by atoms with Crippen molar-refractivity contribution >= 4 is 16.6 Å². The van der Waals surface area contributed by atoms with Crippen LogP contribution in [0.25, 0.3) is 22.0 Å². The summed E-state index contributed by atoms with van der Waals surface area (Å²) in [6, 6.07) is 8.01. The molecular formula is C23H24F2N2O. The van der Waals surface area contributed by atoms with Crippen molar-refractivity contribution in [3.05, 3.63) is 53.7 Å². The van der Waals surface area contributed by atoms with Crippen molar-refractivity contribution in [2.75, 3.05) is 5.32 Å². The Balaban J connectivity index is 1.78. The monoisotopic (exact) mass is 382 g/mol. The highest BCUT2D eigenvalue weighted by Gasteiger charge is 2.62. The van der Waals surface area contributed by atoms with Crippen LogP contribution in [0, 0.1) is 11.6 Å². The second-order valence-corrected chi connectivity index (χ2v) is 9.03. The van der Waals surface area contributed by atoms with Crippen LogP contribution in [-0.2, 0) is 5.41 Å². The summed E-state index contributed by atoms with van der Waals surface area (Å²) in [7, 11) is 0. The topological polar surface area (TPSA) is 48.0 Å². The van der Waals surface area contributed by atoms with E-state index in [0.717, 1.165) is 24.1 Å². The Morgan fingerprint density at radius 3 is 2.54 bits per heavy atom. The van der Waals surface area contributed by atoms with Gasteiger partial charge in [0.25, 0.3) is 0 Å². The quantitative estimate of drug-likeness (QED) is 0.521. The van der Waals surface area contributed by atoms with Gasteiger partial charge >= 0.3 is 0 Å². The number of anilines is 1. The third-order valence-electron chi connectivity index (χ3n) is 7.27. The van der Waals surface area contributed by atoms with Crippen LogP contribution in [0.5, 0.6) is 0 Å². The Morgan fingerprint density at radius 1 is 0.964 bits per heavy atom. The number of rotatable bonds is 1. The van der Waals surface area contributed by atoms with Crippen LogP contribution >= 0.6 is 0 Å². The summed E-state index contributed by atoms with van der Waals surface area (Å²) in [6.45, 7) is 6.04. The summed E-state index contributed by atoms with van der Waals surface area (Å²) in [6.07, 6.45) is 4.12. The minimum atomic E-state index is -0.924. The SMILES string of the molecule is CC1(C)Nc2cc(F)c(-c3ccc(F)c4cc[nH]c34)cc2C2(C)CCCC12O. The van der Waals surface area contributed by atoms with E-state index in [4.69, 9.17) is 0 Å². The van der Waals surface area contributed by atoms with Crippen molar-refractivity contribution in [3.8, 4) is 11.1 Å². The maximum absolute atomic E-state index is 15.2. The molecule has 2 aromatic carbocycles. The lowest BCUT2D eigenvalue weighted by atomic mass is 9.60. The van der Waals surface area contributed by atoms with Gasteiger partial charge in [0.05, 0.1) is 16.7 Å². The maximum atomic E-state index is 15.2. The van der Waals surface area contributed by atoms with E-state index in [9.17, 15) is 9.50 Å². The number of benzene rings is 2. The fourth-order valence-electron chi connectivity index (χ4n) is 5.67. The van der Waals surface area contributed by atoms with Crippen molar-refractivity contribution in [1.82, 2.24) is 4.98 Å². The molecule has 2 aliphatic rings. The molecule has 0 amide bonds.